The van der Waals surface area contributed by atoms with E-state index in [1.165, 1.54) is 0 Å². The number of imidazole rings is 1. The van der Waals surface area contributed by atoms with Crippen molar-refractivity contribution in [2.45, 2.75) is 13.0 Å². The first-order chi connectivity index (χ1) is 10.0. The molecule has 1 heterocycles. The standard InChI is InChI=1S/C15H13Br2N3O/c1-8(18-14-10(16)3-2-4-11(14)17)9-5-6-12-13(7-9)20-15(21)19-12/h2-8,18H,1H3,(H2,19,20,21). The van der Waals surface area contributed by atoms with E-state index in [2.05, 4.69) is 54.1 Å². The van der Waals surface area contributed by atoms with Gasteiger partial charge in [-0.1, -0.05) is 12.1 Å². The summed E-state index contributed by atoms with van der Waals surface area (Å²) >= 11 is 7.09. The summed E-state index contributed by atoms with van der Waals surface area (Å²) in [6, 6.07) is 12.0. The fraction of sp³-hybridized carbons (Fsp3) is 0.133. The number of hydrogen-bond acceptors (Lipinski definition) is 2. The maximum Gasteiger partial charge on any atom is 0.323 e. The SMILES string of the molecule is CC(Nc1c(Br)cccc1Br)c1ccc2[nH]c(=O)[nH]c2c1. The quantitative estimate of drug-likeness (QED) is 0.592. The molecule has 4 nitrogen and oxygen atoms in total. The van der Waals surface area contributed by atoms with Gasteiger partial charge in [0.15, 0.2) is 0 Å². The summed E-state index contributed by atoms with van der Waals surface area (Å²) in [6.07, 6.45) is 0. The summed E-state index contributed by atoms with van der Waals surface area (Å²) in [7, 11) is 0. The number of aromatic nitrogens is 2. The van der Waals surface area contributed by atoms with Crippen LogP contribution < -0.4 is 11.0 Å². The van der Waals surface area contributed by atoms with Crippen molar-refractivity contribution in [3.8, 4) is 0 Å². The number of rotatable bonds is 3. The number of hydrogen-bond donors (Lipinski definition) is 3. The Kier molecular flexibility index (Phi) is 3.91. The Bertz CT molecular complexity index is 833. The van der Waals surface area contributed by atoms with Gasteiger partial charge in [0.1, 0.15) is 0 Å². The lowest BCUT2D eigenvalue weighted by Gasteiger charge is -2.18. The van der Waals surface area contributed by atoms with Gasteiger partial charge in [0, 0.05) is 15.0 Å². The molecule has 3 aromatic rings. The highest BCUT2D eigenvalue weighted by Crippen LogP contribution is 2.33. The van der Waals surface area contributed by atoms with Crippen LogP contribution in [0.1, 0.15) is 18.5 Å². The van der Waals surface area contributed by atoms with Crippen molar-refractivity contribution in [3.63, 3.8) is 0 Å². The largest absolute Gasteiger partial charge is 0.377 e. The Balaban J connectivity index is 1.93. The first-order valence-electron chi connectivity index (χ1n) is 6.47. The lowest BCUT2D eigenvalue weighted by atomic mass is 10.1. The van der Waals surface area contributed by atoms with Crippen LogP contribution in [-0.2, 0) is 0 Å². The third-order valence-corrected chi connectivity index (χ3v) is 4.69. The molecule has 0 radical (unpaired) electrons. The van der Waals surface area contributed by atoms with Gasteiger partial charge in [-0.2, -0.15) is 0 Å². The highest BCUT2D eigenvalue weighted by atomic mass is 79.9. The summed E-state index contributed by atoms with van der Waals surface area (Å²) in [4.78, 5) is 16.8. The van der Waals surface area contributed by atoms with Crippen molar-refractivity contribution in [3.05, 3.63) is 61.4 Å². The van der Waals surface area contributed by atoms with Gasteiger partial charge in [0.2, 0.25) is 0 Å². The molecule has 0 aliphatic rings. The highest BCUT2D eigenvalue weighted by Gasteiger charge is 2.11. The molecule has 0 amide bonds. The Morgan fingerprint density at radius 2 is 1.71 bits per heavy atom. The van der Waals surface area contributed by atoms with E-state index < -0.39 is 0 Å². The molecule has 3 N–H and O–H groups in total. The molecule has 0 aliphatic carbocycles. The molecular weight excluding hydrogens is 398 g/mol. The summed E-state index contributed by atoms with van der Waals surface area (Å²) in [5.41, 5.74) is 3.56. The van der Waals surface area contributed by atoms with Crippen LogP contribution in [0.3, 0.4) is 0 Å². The summed E-state index contributed by atoms with van der Waals surface area (Å²) in [6.45, 7) is 2.08. The van der Waals surface area contributed by atoms with E-state index in [9.17, 15) is 4.79 Å². The molecule has 0 bridgehead atoms. The zero-order valence-corrected chi connectivity index (χ0v) is 14.4. The van der Waals surface area contributed by atoms with Crippen LogP contribution >= 0.6 is 31.9 Å². The first kappa shape index (κ1) is 14.4. The highest BCUT2D eigenvalue weighted by molar-refractivity contribution is 9.11. The fourth-order valence-electron chi connectivity index (χ4n) is 2.26. The predicted molar refractivity (Wildman–Crippen MR) is 92.8 cm³/mol. The lowest BCUT2D eigenvalue weighted by Crippen LogP contribution is -2.07. The maximum absolute atomic E-state index is 11.3. The van der Waals surface area contributed by atoms with Crippen molar-refractivity contribution in [1.82, 2.24) is 9.97 Å². The van der Waals surface area contributed by atoms with E-state index in [0.717, 1.165) is 31.2 Å². The number of H-pyrrole nitrogens is 2. The number of aromatic amines is 2. The molecule has 0 saturated carbocycles. The van der Waals surface area contributed by atoms with Crippen molar-refractivity contribution < 1.29 is 0 Å². The minimum atomic E-state index is -0.184. The maximum atomic E-state index is 11.3. The van der Waals surface area contributed by atoms with Gasteiger partial charge in [0.05, 0.1) is 16.7 Å². The molecular formula is C15H13Br2N3O. The van der Waals surface area contributed by atoms with E-state index >= 15 is 0 Å². The number of fused-ring (bicyclic) bond motifs is 1. The van der Waals surface area contributed by atoms with Crippen LogP contribution in [-0.4, -0.2) is 9.97 Å². The molecule has 2 aromatic carbocycles. The smallest absolute Gasteiger partial charge is 0.323 e. The minimum absolute atomic E-state index is 0.0998. The zero-order chi connectivity index (χ0) is 15.0. The Morgan fingerprint density at radius 1 is 1.05 bits per heavy atom. The van der Waals surface area contributed by atoms with Crippen molar-refractivity contribution in [2.24, 2.45) is 0 Å². The summed E-state index contributed by atoms with van der Waals surface area (Å²) in [5.74, 6) is 0. The Hall–Kier alpha value is -1.53. The second kappa shape index (κ2) is 5.69. The molecule has 0 aliphatic heterocycles. The van der Waals surface area contributed by atoms with Crippen LogP contribution in [0.25, 0.3) is 11.0 Å². The van der Waals surface area contributed by atoms with Crippen molar-refractivity contribution in [2.75, 3.05) is 5.32 Å². The molecule has 1 atom stereocenters. The van der Waals surface area contributed by atoms with Gasteiger partial charge in [-0.15, -0.1) is 0 Å². The number of halogens is 2. The Labute approximate surface area is 138 Å². The molecule has 108 valence electrons. The summed E-state index contributed by atoms with van der Waals surface area (Å²) in [5, 5.41) is 3.47. The van der Waals surface area contributed by atoms with Crippen molar-refractivity contribution in [1.29, 1.82) is 0 Å². The van der Waals surface area contributed by atoms with Crippen LogP contribution in [0, 0.1) is 0 Å². The number of benzene rings is 2. The van der Waals surface area contributed by atoms with Gasteiger partial charge in [-0.3, -0.25) is 0 Å². The monoisotopic (exact) mass is 409 g/mol. The molecule has 21 heavy (non-hydrogen) atoms. The third-order valence-electron chi connectivity index (χ3n) is 3.36. The van der Waals surface area contributed by atoms with Gasteiger partial charge in [-0.25, -0.2) is 4.79 Å². The molecule has 6 heteroatoms. The average Bonchev–Trinajstić information content (AvgIpc) is 2.81. The van der Waals surface area contributed by atoms with Gasteiger partial charge >= 0.3 is 5.69 Å². The molecule has 3 rings (SSSR count). The van der Waals surface area contributed by atoms with E-state index in [1.807, 2.05) is 36.4 Å². The predicted octanol–water partition coefficient (Wildman–Crippen LogP) is 4.55. The van der Waals surface area contributed by atoms with E-state index in [4.69, 9.17) is 0 Å². The second-order valence-electron chi connectivity index (χ2n) is 4.85. The van der Waals surface area contributed by atoms with Gasteiger partial charge in [0.25, 0.3) is 0 Å². The second-order valence-corrected chi connectivity index (χ2v) is 6.56. The molecule has 0 saturated heterocycles. The van der Waals surface area contributed by atoms with E-state index in [0.29, 0.717) is 0 Å². The average molecular weight is 411 g/mol. The van der Waals surface area contributed by atoms with E-state index in [-0.39, 0.29) is 11.7 Å². The minimum Gasteiger partial charge on any atom is -0.377 e. The van der Waals surface area contributed by atoms with Gasteiger partial charge < -0.3 is 15.3 Å². The molecule has 0 spiro atoms. The third kappa shape index (κ3) is 2.91. The number of para-hydroxylation sites is 1. The van der Waals surface area contributed by atoms with Crippen LogP contribution in [0.4, 0.5) is 5.69 Å². The van der Waals surface area contributed by atoms with Crippen molar-refractivity contribution >= 4 is 48.6 Å². The molecule has 1 aromatic heterocycles. The first-order valence-corrected chi connectivity index (χ1v) is 8.05. The van der Waals surface area contributed by atoms with Crippen LogP contribution in [0.15, 0.2) is 50.1 Å². The van der Waals surface area contributed by atoms with E-state index in [1.54, 1.807) is 0 Å². The zero-order valence-electron chi connectivity index (χ0n) is 11.2. The Morgan fingerprint density at radius 3 is 2.43 bits per heavy atom. The molecule has 0 fully saturated rings. The normalized spacial score (nSPS) is 12.5. The van der Waals surface area contributed by atoms with Gasteiger partial charge in [-0.05, 0) is 68.6 Å². The number of nitrogens with one attached hydrogen (secondary N) is 3. The molecule has 1 unspecified atom stereocenters. The lowest BCUT2D eigenvalue weighted by molar-refractivity contribution is 0.884. The van der Waals surface area contributed by atoms with Crippen LogP contribution in [0.5, 0.6) is 0 Å². The number of anilines is 1. The summed E-state index contributed by atoms with van der Waals surface area (Å²) < 4.78 is 2.00. The fourth-order valence-corrected chi connectivity index (χ4v) is 3.48. The van der Waals surface area contributed by atoms with Crippen LogP contribution in [0.2, 0.25) is 0 Å². The topological polar surface area (TPSA) is 60.7 Å².